The van der Waals surface area contributed by atoms with Gasteiger partial charge in [0.1, 0.15) is 10.7 Å². The maximum Gasteiger partial charge on any atom is 0.228 e. The van der Waals surface area contributed by atoms with Gasteiger partial charge < -0.3 is 11.1 Å². The first-order valence-electron chi connectivity index (χ1n) is 5.96. The van der Waals surface area contributed by atoms with Gasteiger partial charge in [-0.05, 0) is 38.0 Å². The molecule has 3 N–H and O–H groups in total. The van der Waals surface area contributed by atoms with E-state index >= 15 is 0 Å². The Labute approximate surface area is 118 Å². The Hall–Kier alpha value is -2.01. The van der Waals surface area contributed by atoms with Crippen LogP contribution in [0.1, 0.15) is 22.5 Å². The highest BCUT2D eigenvalue weighted by Gasteiger charge is 2.07. The van der Waals surface area contributed by atoms with Crippen LogP contribution in [0.25, 0.3) is 0 Å². The van der Waals surface area contributed by atoms with E-state index < -0.39 is 0 Å². The molecule has 0 fully saturated rings. The molecule has 0 bridgehead atoms. The molecular weight excluding hydrogens is 256 g/mol. The van der Waals surface area contributed by atoms with Gasteiger partial charge in [0, 0.05) is 11.4 Å². The van der Waals surface area contributed by atoms with Crippen LogP contribution in [0, 0.1) is 20.8 Å². The third-order valence-electron chi connectivity index (χ3n) is 2.82. The Balaban J connectivity index is 2.41. The molecular formula is C14H16N4S. The quantitative estimate of drug-likeness (QED) is 0.841. The number of rotatable bonds is 3. The zero-order chi connectivity index (χ0) is 14.0. The van der Waals surface area contributed by atoms with Crippen molar-refractivity contribution in [1.29, 1.82) is 0 Å². The Morgan fingerprint density at radius 2 is 1.79 bits per heavy atom. The molecule has 2 rings (SSSR count). The molecule has 5 heteroatoms. The highest BCUT2D eigenvalue weighted by Crippen LogP contribution is 2.22. The van der Waals surface area contributed by atoms with Gasteiger partial charge in [0.2, 0.25) is 5.95 Å². The van der Waals surface area contributed by atoms with Crippen LogP contribution in [0.15, 0.2) is 24.3 Å². The van der Waals surface area contributed by atoms with Gasteiger partial charge in [-0.3, -0.25) is 0 Å². The molecule has 0 spiro atoms. The summed E-state index contributed by atoms with van der Waals surface area (Å²) < 4.78 is 0. The maximum atomic E-state index is 5.62. The number of para-hydroxylation sites is 1. The molecule has 19 heavy (non-hydrogen) atoms. The Morgan fingerprint density at radius 1 is 1.16 bits per heavy atom. The lowest BCUT2D eigenvalue weighted by Gasteiger charge is -2.12. The van der Waals surface area contributed by atoms with E-state index in [0.29, 0.717) is 11.6 Å². The third kappa shape index (κ3) is 3.06. The molecule has 0 aliphatic rings. The number of hydrogen-bond acceptors (Lipinski definition) is 4. The SMILES string of the molecule is Cc1cc(C(N)=S)nc(Nc2c(C)cccc2C)n1. The van der Waals surface area contributed by atoms with Gasteiger partial charge in [-0.1, -0.05) is 30.4 Å². The minimum Gasteiger partial charge on any atom is -0.388 e. The Kier molecular flexibility index (Phi) is 3.76. The summed E-state index contributed by atoms with van der Waals surface area (Å²) in [4.78, 5) is 8.95. The molecule has 4 nitrogen and oxygen atoms in total. The molecule has 0 saturated heterocycles. The second-order valence-electron chi connectivity index (χ2n) is 4.47. The average molecular weight is 272 g/mol. The second kappa shape index (κ2) is 5.32. The van der Waals surface area contributed by atoms with Crippen LogP contribution < -0.4 is 11.1 Å². The standard InChI is InChI=1S/C14H16N4S/c1-8-5-4-6-9(2)12(8)18-14-16-10(3)7-11(17-14)13(15)19/h4-7H,1-3H3,(H2,15,19)(H,16,17,18). The molecule has 0 radical (unpaired) electrons. The summed E-state index contributed by atoms with van der Waals surface area (Å²) in [6.07, 6.45) is 0. The average Bonchev–Trinajstić information content (AvgIpc) is 2.33. The zero-order valence-electron chi connectivity index (χ0n) is 11.2. The number of benzene rings is 1. The highest BCUT2D eigenvalue weighted by atomic mass is 32.1. The molecule has 0 amide bonds. The fraction of sp³-hybridized carbons (Fsp3) is 0.214. The lowest BCUT2D eigenvalue weighted by molar-refractivity contribution is 1.09. The normalized spacial score (nSPS) is 10.3. The first-order valence-corrected chi connectivity index (χ1v) is 6.37. The van der Waals surface area contributed by atoms with Crippen molar-refractivity contribution in [3.8, 4) is 0 Å². The first kappa shape index (κ1) is 13.4. The number of thiocarbonyl (C=S) groups is 1. The minimum atomic E-state index is 0.273. The topological polar surface area (TPSA) is 63.8 Å². The van der Waals surface area contributed by atoms with Gasteiger partial charge in [0.25, 0.3) is 0 Å². The summed E-state index contributed by atoms with van der Waals surface area (Å²) in [5.74, 6) is 0.514. The first-order chi connectivity index (χ1) is 8.97. The van der Waals surface area contributed by atoms with Crippen LogP contribution in [0.3, 0.4) is 0 Å². The molecule has 2 aromatic rings. The molecule has 1 aromatic carbocycles. The van der Waals surface area contributed by atoms with E-state index in [4.69, 9.17) is 18.0 Å². The van der Waals surface area contributed by atoms with Crippen LogP contribution in [0.5, 0.6) is 0 Å². The van der Waals surface area contributed by atoms with Crippen molar-refractivity contribution in [2.75, 3.05) is 5.32 Å². The molecule has 0 atom stereocenters. The maximum absolute atomic E-state index is 5.62. The van der Waals surface area contributed by atoms with Crippen molar-refractivity contribution in [2.24, 2.45) is 5.73 Å². The third-order valence-corrected chi connectivity index (χ3v) is 3.03. The van der Waals surface area contributed by atoms with E-state index in [9.17, 15) is 0 Å². The minimum absolute atomic E-state index is 0.273. The van der Waals surface area contributed by atoms with Gasteiger partial charge in [-0.15, -0.1) is 0 Å². The molecule has 0 aliphatic heterocycles. The molecule has 1 aromatic heterocycles. The summed E-state index contributed by atoms with van der Waals surface area (Å²) in [7, 11) is 0. The summed E-state index contributed by atoms with van der Waals surface area (Å²) in [6, 6.07) is 7.88. The summed E-state index contributed by atoms with van der Waals surface area (Å²) in [5.41, 5.74) is 10.3. The van der Waals surface area contributed by atoms with Crippen LogP contribution in [0.2, 0.25) is 0 Å². The van der Waals surface area contributed by atoms with Gasteiger partial charge in [0.15, 0.2) is 0 Å². The molecule has 0 unspecified atom stereocenters. The number of nitrogens with two attached hydrogens (primary N) is 1. The molecule has 0 saturated carbocycles. The van der Waals surface area contributed by atoms with Gasteiger partial charge in [-0.2, -0.15) is 0 Å². The van der Waals surface area contributed by atoms with Crippen LogP contribution in [0.4, 0.5) is 11.6 Å². The predicted molar refractivity (Wildman–Crippen MR) is 81.9 cm³/mol. The monoisotopic (exact) mass is 272 g/mol. The van der Waals surface area contributed by atoms with Crippen molar-refractivity contribution in [1.82, 2.24) is 9.97 Å². The second-order valence-corrected chi connectivity index (χ2v) is 4.91. The lowest BCUT2D eigenvalue weighted by Crippen LogP contribution is -2.14. The van der Waals surface area contributed by atoms with Crippen molar-refractivity contribution in [3.63, 3.8) is 0 Å². The number of aromatic nitrogens is 2. The van der Waals surface area contributed by atoms with Crippen LogP contribution in [-0.4, -0.2) is 15.0 Å². The molecule has 1 heterocycles. The number of nitrogens with zero attached hydrogens (tertiary/aromatic N) is 2. The van der Waals surface area contributed by atoms with Crippen molar-refractivity contribution < 1.29 is 0 Å². The smallest absolute Gasteiger partial charge is 0.228 e. The van der Waals surface area contributed by atoms with Crippen molar-refractivity contribution >= 4 is 28.8 Å². The number of anilines is 2. The number of nitrogens with one attached hydrogen (secondary N) is 1. The van der Waals surface area contributed by atoms with E-state index in [1.54, 1.807) is 6.07 Å². The van der Waals surface area contributed by atoms with E-state index in [2.05, 4.69) is 15.3 Å². The fourth-order valence-corrected chi connectivity index (χ4v) is 1.98. The van der Waals surface area contributed by atoms with Crippen LogP contribution >= 0.6 is 12.2 Å². The fourth-order valence-electron chi connectivity index (χ4n) is 1.87. The van der Waals surface area contributed by atoms with Gasteiger partial charge in [0.05, 0.1) is 0 Å². The van der Waals surface area contributed by atoms with E-state index in [-0.39, 0.29) is 4.99 Å². The lowest BCUT2D eigenvalue weighted by atomic mass is 10.1. The largest absolute Gasteiger partial charge is 0.388 e. The molecule has 0 aliphatic carbocycles. The van der Waals surface area contributed by atoms with Crippen molar-refractivity contribution in [2.45, 2.75) is 20.8 Å². The van der Waals surface area contributed by atoms with Gasteiger partial charge >= 0.3 is 0 Å². The van der Waals surface area contributed by atoms with E-state index in [1.807, 2.05) is 39.0 Å². The Morgan fingerprint density at radius 3 is 2.37 bits per heavy atom. The number of aryl methyl sites for hydroxylation is 3. The van der Waals surface area contributed by atoms with E-state index in [0.717, 1.165) is 22.5 Å². The highest BCUT2D eigenvalue weighted by molar-refractivity contribution is 7.80. The predicted octanol–water partition coefficient (Wildman–Crippen LogP) is 2.78. The molecule has 98 valence electrons. The van der Waals surface area contributed by atoms with Gasteiger partial charge in [-0.25, -0.2) is 9.97 Å². The van der Waals surface area contributed by atoms with Crippen molar-refractivity contribution in [3.05, 3.63) is 46.8 Å². The summed E-state index contributed by atoms with van der Waals surface area (Å²) >= 11 is 4.96. The zero-order valence-corrected chi connectivity index (χ0v) is 12.0. The summed E-state index contributed by atoms with van der Waals surface area (Å²) in [6.45, 7) is 5.97. The summed E-state index contributed by atoms with van der Waals surface area (Å²) in [5, 5.41) is 3.24. The van der Waals surface area contributed by atoms with E-state index in [1.165, 1.54) is 0 Å². The number of hydrogen-bond donors (Lipinski definition) is 2. The van der Waals surface area contributed by atoms with Crippen LogP contribution in [-0.2, 0) is 0 Å². The Bertz CT molecular complexity index is 617.